The van der Waals surface area contributed by atoms with Gasteiger partial charge in [0.25, 0.3) is 0 Å². The molecule has 2 aromatic heterocycles. The van der Waals surface area contributed by atoms with Crippen LogP contribution in [0.25, 0.3) is 28.0 Å². The smallest absolute Gasteiger partial charge is 0.228 e. The molecular formula is C23H23FN6O. The second kappa shape index (κ2) is 7.86. The molecule has 1 fully saturated rings. The number of methoxy groups -OCH3 is 1. The standard InChI is InChI=1S/C23H23FN6O/c1-31-18-10-8-17(9-11-18)30-21(25)19-20(15-6-5-7-16(24)14-15)26-23(27-22(19)28-30)29-12-3-2-4-13-29/h5-11,14H,2-4,12-13,25H2,1H3. The summed E-state index contributed by atoms with van der Waals surface area (Å²) in [4.78, 5) is 11.7. The van der Waals surface area contributed by atoms with E-state index >= 15 is 0 Å². The third-order valence-electron chi connectivity index (χ3n) is 5.61. The Morgan fingerprint density at radius 2 is 1.77 bits per heavy atom. The number of nitrogens with zero attached hydrogens (tertiary/aromatic N) is 5. The van der Waals surface area contributed by atoms with Crippen molar-refractivity contribution in [3.8, 4) is 22.7 Å². The van der Waals surface area contributed by atoms with Crippen LogP contribution in [0.2, 0.25) is 0 Å². The van der Waals surface area contributed by atoms with Gasteiger partial charge in [0.2, 0.25) is 5.95 Å². The summed E-state index contributed by atoms with van der Waals surface area (Å²) in [7, 11) is 1.62. The normalized spacial score (nSPS) is 14.2. The van der Waals surface area contributed by atoms with Gasteiger partial charge in [0.1, 0.15) is 17.4 Å². The Kier molecular flexibility index (Phi) is 4.89. The Labute approximate surface area is 179 Å². The highest BCUT2D eigenvalue weighted by molar-refractivity contribution is 5.99. The van der Waals surface area contributed by atoms with Gasteiger partial charge >= 0.3 is 0 Å². The Morgan fingerprint density at radius 3 is 2.48 bits per heavy atom. The van der Waals surface area contributed by atoms with Crippen LogP contribution in [0.3, 0.4) is 0 Å². The van der Waals surface area contributed by atoms with Gasteiger partial charge in [0.05, 0.1) is 23.9 Å². The number of hydrogen-bond donors (Lipinski definition) is 1. The molecule has 0 saturated carbocycles. The summed E-state index contributed by atoms with van der Waals surface area (Å²) < 4.78 is 20.9. The first kappa shape index (κ1) is 19.3. The van der Waals surface area contributed by atoms with Crippen molar-refractivity contribution in [2.45, 2.75) is 19.3 Å². The lowest BCUT2D eigenvalue weighted by molar-refractivity contribution is 0.414. The molecule has 8 heteroatoms. The summed E-state index contributed by atoms with van der Waals surface area (Å²) in [5.41, 5.74) is 9.03. The van der Waals surface area contributed by atoms with E-state index in [1.165, 1.54) is 18.6 Å². The average Bonchev–Trinajstić information content (AvgIpc) is 3.15. The highest BCUT2D eigenvalue weighted by atomic mass is 19.1. The lowest BCUT2D eigenvalue weighted by Crippen LogP contribution is -2.31. The predicted molar refractivity (Wildman–Crippen MR) is 119 cm³/mol. The summed E-state index contributed by atoms with van der Waals surface area (Å²) in [5, 5.41) is 5.29. The van der Waals surface area contributed by atoms with Crippen LogP contribution in [-0.2, 0) is 0 Å². The number of aromatic nitrogens is 4. The molecule has 0 spiro atoms. The molecule has 2 N–H and O–H groups in total. The van der Waals surface area contributed by atoms with Gasteiger partial charge in [-0.2, -0.15) is 4.98 Å². The fourth-order valence-electron chi connectivity index (χ4n) is 4.00. The molecule has 0 unspecified atom stereocenters. The average molecular weight is 418 g/mol. The van der Waals surface area contributed by atoms with E-state index in [2.05, 4.69) is 10.00 Å². The summed E-state index contributed by atoms with van der Waals surface area (Å²) in [5.74, 6) is 1.42. The molecule has 31 heavy (non-hydrogen) atoms. The number of halogens is 1. The second-order valence-corrected chi connectivity index (χ2v) is 7.62. The molecule has 0 atom stereocenters. The van der Waals surface area contributed by atoms with Crippen LogP contribution in [0.15, 0.2) is 48.5 Å². The maximum absolute atomic E-state index is 14.0. The molecule has 1 aliphatic heterocycles. The van der Waals surface area contributed by atoms with Gasteiger partial charge in [0.15, 0.2) is 5.65 Å². The van der Waals surface area contributed by atoms with E-state index in [0.29, 0.717) is 34.1 Å². The predicted octanol–water partition coefficient (Wildman–Crippen LogP) is 4.20. The number of anilines is 2. The van der Waals surface area contributed by atoms with E-state index in [9.17, 15) is 4.39 Å². The van der Waals surface area contributed by atoms with Gasteiger partial charge in [0, 0.05) is 18.7 Å². The molecule has 5 rings (SSSR count). The number of fused-ring (bicyclic) bond motifs is 1. The summed E-state index contributed by atoms with van der Waals surface area (Å²) in [6.45, 7) is 1.78. The fourth-order valence-corrected chi connectivity index (χ4v) is 4.00. The van der Waals surface area contributed by atoms with Crippen molar-refractivity contribution in [1.82, 2.24) is 19.7 Å². The molecule has 1 aliphatic rings. The molecule has 158 valence electrons. The van der Waals surface area contributed by atoms with E-state index in [1.807, 2.05) is 30.3 Å². The van der Waals surface area contributed by atoms with Gasteiger partial charge < -0.3 is 15.4 Å². The first-order valence-electron chi connectivity index (χ1n) is 10.4. The highest BCUT2D eigenvalue weighted by Gasteiger charge is 2.22. The molecular weight excluding hydrogens is 395 g/mol. The van der Waals surface area contributed by atoms with E-state index in [-0.39, 0.29) is 5.82 Å². The molecule has 7 nitrogen and oxygen atoms in total. The number of nitrogens with two attached hydrogens (primary N) is 1. The Bertz CT molecular complexity index is 1230. The Balaban J connectivity index is 1.72. The number of benzene rings is 2. The van der Waals surface area contributed by atoms with Gasteiger partial charge in [-0.3, -0.25) is 0 Å². The van der Waals surface area contributed by atoms with Crippen LogP contribution >= 0.6 is 0 Å². The van der Waals surface area contributed by atoms with Crippen molar-refractivity contribution in [3.05, 3.63) is 54.3 Å². The zero-order valence-corrected chi connectivity index (χ0v) is 17.3. The molecule has 0 amide bonds. The number of piperidine rings is 1. The van der Waals surface area contributed by atoms with Gasteiger partial charge in [-0.15, -0.1) is 5.10 Å². The summed E-state index contributed by atoms with van der Waals surface area (Å²) in [6, 6.07) is 13.8. The maximum Gasteiger partial charge on any atom is 0.228 e. The van der Waals surface area contributed by atoms with Crippen LogP contribution in [0.4, 0.5) is 16.2 Å². The van der Waals surface area contributed by atoms with E-state index in [1.54, 1.807) is 17.9 Å². The van der Waals surface area contributed by atoms with Gasteiger partial charge in [-0.05, 0) is 55.7 Å². The SMILES string of the molecule is COc1ccc(-n2nc3nc(N4CCCCC4)nc(-c4cccc(F)c4)c3c2N)cc1. The van der Waals surface area contributed by atoms with Gasteiger partial charge in [-0.25, -0.2) is 14.1 Å². The topological polar surface area (TPSA) is 82.1 Å². The lowest BCUT2D eigenvalue weighted by atomic mass is 10.1. The van der Waals surface area contributed by atoms with E-state index in [4.69, 9.17) is 20.4 Å². The van der Waals surface area contributed by atoms with E-state index < -0.39 is 0 Å². The molecule has 4 aromatic rings. The molecule has 3 heterocycles. The van der Waals surface area contributed by atoms with Crippen molar-refractivity contribution in [1.29, 1.82) is 0 Å². The zero-order chi connectivity index (χ0) is 21.4. The van der Waals surface area contributed by atoms with Crippen LogP contribution in [0, 0.1) is 5.82 Å². The first-order valence-corrected chi connectivity index (χ1v) is 10.4. The van der Waals surface area contributed by atoms with E-state index in [0.717, 1.165) is 37.4 Å². The largest absolute Gasteiger partial charge is 0.497 e. The van der Waals surface area contributed by atoms with Crippen LogP contribution < -0.4 is 15.4 Å². The van der Waals surface area contributed by atoms with Crippen molar-refractivity contribution in [3.63, 3.8) is 0 Å². The quantitative estimate of drug-likeness (QED) is 0.535. The minimum absolute atomic E-state index is 0.329. The third kappa shape index (κ3) is 3.54. The van der Waals surface area contributed by atoms with Crippen molar-refractivity contribution in [2.24, 2.45) is 0 Å². The Hall–Kier alpha value is -3.68. The number of hydrogen-bond acceptors (Lipinski definition) is 6. The second-order valence-electron chi connectivity index (χ2n) is 7.62. The van der Waals surface area contributed by atoms with Crippen molar-refractivity contribution < 1.29 is 9.13 Å². The first-order chi connectivity index (χ1) is 15.1. The number of rotatable bonds is 4. The summed E-state index contributed by atoms with van der Waals surface area (Å²) in [6.07, 6.45) is 3.40. The van der Waals surface area contributed by atoms with Crippen LogP contribution in [-0.4, -0.2) is 39.9 Å². The molecule has 0 radical (unpaired) electrons. The van der Waals surface area contributed by atoms with Crippen LogP contribution in [0.5, 0.6) is 5.75 Å². The van der Waals surface area contributed by atoms with Crippen LogP contribution in [0.1, 0.15) is 19.3 Å². The maximum atomic E-state index is 14.0. The summed E-state index contributed by atoms with van der Waals surface area (Å²) >= 11 is 0. The minimum Gasteiger partial charge on any atom is -0.497 e. The molecule has 1 saturated heterocycles. The molecule has 0 aliphatic carbocycles. The van der Waals surface area contributed by atoms with Crippen molar-refractivity contribution >= 4 is 22.8 Å². The third-order valence-corrected chi connectivity index (χ3v) is 5.61. The zero-order valence-electron chi connectivity index (χ0n) is 17.3. The lowest BCUT2D eigenvalue weighted by Gasteiger charge is -2.26. The minimum atomic E-state index is -0.329. The van der Waals surface area contributed by atoms with Gasteiger partial charge in [-0.1, -0.05) is 12.1 Å². The number of ether oxygens (including phenoxy) is 1. The fraction of sp³-hybridized carbons (Fsp3) is 0.261. The van der Waals surface area contributed by atoms with Crippen molar-refractivity contribution in [2.75, 3.05) is 30.8 Å². The monoisotopic (exact) mass is 418 g/mol. The molecule has 0 bridgehead atoms. The molecule has 2 aromatic carbocycles. The number of nitrogen functional groups attached to an aromatic ring is 1. The highest BCUT2D eigenvalue weighted by Crippen LogP contribution is 2.34. The Morgan fingerprint density at radius 1 is 1.00 bits per heavy atom.